The summed E-state index contributed by atoms with van der Waals surface area (Å²) in [6.45, 7) is 2.08. The summed E-state index contributed by atoms with van der Waals surface area (Å²) < 4.78 is 0. The van der Waals surface area contributed by atoms with Gasteiger partial charge in [-0.15, -0.1) is 0 Å². The number of hydrogen-bond donors (Lipinski definition) is 2. The third-order valence-corrected chi connectivity index (χ3v) is 3.80. The summed E-state index contributed by atoms with van der Waals surface area (Å²) in [4.78, 5) is 10.7. The van der Waals surface area contributed by atoms with Gasteiger partial charge >= 0.3 is 6.03 Å². The van der Waals surface area contributed by atoms with Crippen molar-refractivity contribution in [1.29, 1.82) is 0 Å². The Balaban J connectivity index is 1.91. The average Bonchev–Trinajstić information content (AvgIpc) is 2.62. The molecule has 0 heterocycles. The minimum atomic E-state index is -0.379. The minimum Gasteiger partial charge on any atom is -0.352 e. The zero-order valence-electron chi connectivity index (χ0n) is 8.12. The predicted molar refractivity (Wildman–Crippen MR) is 51.1 cm³/mol. The molecule has 0 unspecified atom stereocenters. The fourth-order valence-electron chi connectivity index (χ4n) is 3.24. The van der Waals surface area contributed by atoms with Gasteiger partial charge in [0, 0.05) is 6.04 Å². The van der Waals surface area contributed by atoms with Crippen molar-refractivity contribution in [2.75, 3.05) is 0 Å². The zero-order chi connectivity index (χ0) is 9.42. The van der Waals surface area contributed by atoms with Crippen LogP contribution in [0.2, 0.25) is 0 Å². The number of nitrogens with one attached hydrogen (secondary N) is 1. The topological polar surface area (TPSA) is 55.1 Å². The molecule has 13 heavy (non-hydrogen) atoms. The lowest BCUT2D eigenvalue weighted by molar-refractivity contribution is 0.227. The summed E-state index contributed by atoms with van der Waals surface area (Å²) >= 11 is 0. The first-order valence-electron chi connectivity index (χ1n) is 5.22. The first-order chi connectivity index (χ1) is 6.16. The van der Waals surface area contributed by atoms with Crippen molar-refractivity contribution < 1.29 is 4.79 Å². The fraction of sp³-hybridized carbons (Fsp3) is 0.900. The Kier molecular flexibility index (Phi) is 2.18. The fourth-order valence-corrected chi connectivity index (χ4v) is 3.24. The van der Waals surface area contributed by atoms with E-state index in [1.54, 1.807) is 0 Å². The largest absolute Gasteiger partial charge is 0.352 e. The third-order valence-electron chi connectivity index (χ3n) is 3.80. The van der Waals surface area contributed by atoms with E-state index in [4.69, 9.17) is 5.73 Å². The van der Waals surface area contributed by atoms with Crippen molar-refractivity contribution in [2.24, 2.45) is 23.5 Å². The summed E-state index contributed by atoms with van der Waals surface area (Å²) in [6, 6.07) is -0.108. The maximum atomic E-state index is 10.7. The van der Waals surface area contributed by atoms with E-state index in [0.717, 1.165) is 11.8 Å². The first kappa shape index (κ1) is 8.85. The van der Waals surface area contributed by atoms with Gasteiger partial charge in [0.15, 0.2) is 0 Å². The smallest absolute Gasteiger partial charge is 0.312 e. The average molecular weight is 182 g/mol. The van der Waals surface area contributed by atoms with Gasteiger partial charge in [-0.2, -0.15) is 0 Å². The highest BCUT2D eigenvalue weighted by molar-refractivity contribution is 5.71. The van der Waals surface area contributed by atoms with Crippen LogP contribution < -0.4 is 11.1 Å². The van der Waals surface area contributed by atoms with E-state index in [-0.39, 0.29) is 12.1 Å². The molecule has 74 valence electrons. The maximum Gasteiger partial charge on any atom is 0.312 e. The number of carbonyl (C=O) groups is 1. The van der Waals surface area contributed by atoms with Crippen molar-refractivity contribution in [3.05, 3.63) is 0 Å². The molecule has 0 aliphatic heterocycles. The highest BCUT2D eigenvalue weighted by Crippen LogP contribution is 2.49. The van der Waals surface area contributed by atoms with Crippen LogP contribution in [-0.2, 0) is 0 Å². The van der Waals surface area contributed by atoms with Gasteiger partial charge in [-0.3, -0.25) is 0 Å². The van der Waals surface area contributed by atoms with Crippen LogP contribution in [0, 0.1) is 17.8 Å². The van der Waals surface area contributed by atoms with Crippen LogP contribution in [-0.4, -0.2) is 12.1 Å². The van der Waals surface area contributed by atoms with Crippen LogP contribution in [0.25, 0.3) is 0 Å². The van der Waals surface area contributed by atoms with Gasteiger partial charge in [0.2, 0.25) is 0 Å². The predicted octanol–water partition coefficient (Wildman–Crippen LogP) is 1.48. The van der Waals surface area contributed by atoms with Crippen LogP contribution in [0.3, 0.4) is 0 Å². The van der Waals surface area contributed by atoms with E-state index in [0.29, 0.717) is 5.92 Å². The van der Waals surface area contributed by atoms with Crippen LogP contribution in [0.1, 0.15) is 32.6 Å². The van der Waals surface area contributed by atoms with Crippen molar-refractivity contribution >= 4 is 6.03 Å². The Morgan fingerprint density at radius 3 is 2.69 bits per heavy atom. The molecule has 2 bridgehead atoms. The Labute approximate surface area is 79.1 Å². The van der Waals surface area contributed by atoms with Crippen molar-refractivity contribution in [3.63, 3.8) is 0 Å². The highest BCUT2D eigenvalue weighted by atomic mass is 16.2. The van der Waals surface area contributed by atoms with Gasteiger partial charge in [-0.05, 0) is 43.9 Å². The van der Waals surface area contributed by atoms with Crippen molar-refractivity contribution in [3.8, 4) is 0 Å². The number of amides is 2. The molecule has 0 aromatic rings. The second kappa shape index (κ2) is 3.20. The van der Waals surface area contributed by atoms with E-state index in [9.17, 15) is 4.79 Å². The second-order valence-corrected chi connectivity index (χ2v) is 4.64. The molecule has 2 aliphatic rings. The monoisotopic (exact) mass is 182 g/mol. The van der Waals surface area contributed by atoms with E-state index < -0.39 is 0 Å². The van der Waals surface area contributed by atoms with Gasteiger partial charge in [0.25, 0.3) is 0 Å². The molecule has 0 spiro atoms. The summed E-state index contributed by atoms with van der Waals surface area (Å²) in [7, 11) is 0. The van der Waals surface area contributed by atoms with Crippen LogP contribution in [0.15, 0.2) is 0 Å². The minimum absolute atomic E-state index is 0.271. The summed E-state index contributed by atoms with van der Waals surface area (Å²) in [5.74, 6) is 2.48. The van der Waals surface area contributed by atoms with E-state index >= 15 is 0 Å². The van der Waals surface area contributed by atoms with E-state index in [2.05, 4.69) is 12.2 Å². The van der Waals surface area contributed by atoms with E-state index in [1.165, 1.54) is 25.7 Å². The Hall–Kier alpha value is -0.730. The molecule has 0 radical (unpaired) electrons. The third kappa shape index (κ3) is 1.64. The van der Waals surface area contributed by atoms with Crippen LogP contribution >= 0.6 is 0 Å². The summed E-state index contributed by atoms with van der Waals surface area (Å²) in [6.07, 6.45) is 5.45. The molecule has 2 saturated carbocycles. The number of nitrogens with two attached hydrogens (primary N) is 1. The summed E-state index contributed by atoms with van der Waals surface area (Å²) in [5, 5.41) is 2.81. The number of rotatable bonds is 2. The normalized spacial score (nSPS) is 39.0. The van der Waals surface area contributed by atoms with Gasteiger partial charge in [-0.1, -0.05) is 6.42 Å². The molecule has 4 atom stereocenters. The standard InChI is InChI=1S/C10H18N2O/c1-6(12-10(11)13)9-5-7-2-3-8(9)4-7/h6-9H,2-5H2,1H3,(H3,11,12,13)/t6-,7+,8+,9-/m0/s1. The van der Waals surface area contributed by atoms with Gasteiger partial charge in [0.05, 0.1) is 0 Å². The number of hydrogen-bond acceptors (Lipinski definition) is 1. The van der Waals surface area contributed by atoms with Crippen molar-refractivity contribution in [2.45, 2.75) is 38.6 Å². The highest BCUT2D eigenvalue weighted by Gasteiger charge is 2.41. The lowest BCUT2D eigenvalue weighted by Crippen LogP contribution is -2.42. The molecule has 0 aromatic heterocycles. The molecule has 3 N–H and O–H groups in total. The van der Waals surface area contributed by atoms with Crippen molar-refractivity contribution in [1.82, 2.24) is 5.32 Å². The molecule has 2 aliphatic carbocycles. The zero-order valence-corrected chi connectivity index (χ0v) is 8.12. The lowest BCUT2D eigenvalue weighted by Gasteiger charge is -2.27. The second-order valence-electron chi connectivity index (χ2n) is 4.64. The molecule has 0 aromatic carbocycles. The Bertz CT molecular complexity index is 217. The number of fused-ring (bicyclic) bond motifs is 2. The van der Waals surface area contributed by atoms with E-state index in [1.807, 2.05) is 0 Å². The lowest BCUT2D eigenvalue weighted by atomic mass is 9.84. The summed E-state index contributed by atoms with van der Waals surface area (Å²) in [5.41, 5.74) is 5.11. The quantitative estimate of drug-likeness (QED) is 0.667. The number of urea groups is 1. The number of carbonyl (C=O) groups excluding carboxylic acids is 1. The number of primary amides is 1. The molecular formula is C10H18N2O. The molecule has 3 heteroatoms. The van der Waals surface area contributed by atoms with Crippen LogP contribution in [0.5, 0.6) is 0 Å². The maximum absolute atomic E-state index is 10.7. The van der Waals surface area contributed by atoms with Crippen LogP contribution in [0.4, 0.5) is 4.79 Å². The van der Waals surface area contributed by atoms with Gasteiger partial charge < -0.3 is 11.1 Å². The molecule has 0 saturated heterocycles. The molecule has 2 amide bonds. The Morgan fingerprint density at radius 2 is 2.23 bits per heavy atom. The van der Waals surface area contributed by atoms with Gasteiger partial charge in [0.1, 0.15) is 0 Å². The first-order valence-corrected chi connectivity index (χ1v) is 5.22. The SMILES string of the molecule is C[C@H](NC(N)=O)[C@@H]1C[C@@H]2CC[C@@H]1C2. The van der Waals surface area contributed by atoms with Gasteiger partial charge in [-0.25, -0.2) is 4.79 Å². The molecule has 2 rings (SSSR count). The molecule has 3 nitrogen and oxygen atoms in total. The Morgan fingerprint density at radius 1 is 1.46 bits per heavy atom. The molecule has 2 fully saturated rings. The molecular weight excluding hydrogens is 164 g/mol.